The third-order valence-electron chi connectivity index (χ3n) is 2.28. The zero-order valence-corrected chi connectivity index (χ0v) is 9.74. The number of nitro benzene ring substituents is 1. The zero-order chi connectivity index (χ0) is 11.9. The molecule has 0 aliphatic heterocycles. The summed E-state index contributed by atoms with van der Waals surface area (Å²) in [6, 6.07) is 1.53. The second-order valence-corrected chi connectivity index (χ2v) is 4.07. The molecular formula is C9H6BrN3O3. The molecule has 2 aromatic rings. The average molecular weight is 284 g/mol. The molecule has 82 valence electrons. The highest BCUT2D eigenvalue weighted by Gasteiger charge is 2.20. The molecule has 0 bridgehead atoms. The van der Waals surface area contributed by atoms with Gasteiger partial charge in [-0.15, -0.1) is 0 Å². The lowest BCUT2D eigenvalue weighted by Crippen LogP contribution is -2.08. The predicted octanol–water partition coefficient (Wildman–Crippen LogP) is 1.90. The monoisotopic (exact) mass is 283 g/mol. The van der Waals surface area contributed by atoms with Gasteiger partial charge in [-0.05, 0) is 13.0 Å². The van der Waals surface area contributed by atoms with Gasteiger partial charge in [0, 0.05) is 10.0 Å². The van der Waals surface area contributed by atoms with Gasteiger partial charge in [-0.25, -0.2) is 4.98 Å². The molecule has 0 aliphatic rings. The average Bonchev–Trinajstić information content (AvgIpc) is 2.21. The molecule has 0 fully saturated rings. The molecule has 2 rings (SSSR count). The fraction of sp³-hybridized carbons (Fsp3) is 0.111. The first-order chi connectivity index (χ1) is 7.52. The lowest BCUT2D eigenvalue weighted by molar-refractivity contribution is -0.383. The Kier molecular flexibility index (Phi) is 2.47. The highest BCUT2D eigenvalue weighted by atomic mass is 79.9. The van der Waals surface area contributed by atoms with Crippen LogP contribution < -0.4 is 5.56 Å². The van der Waals surface area contributed by atoms with Crippen molar-refractivity contribution < 1.29 is 4.92 Å². The van der Waals surface area contributed by atoms with E-state index in [1.165, 1.54) is 6.07 Å². The van der Waals surface area contributed by atoms with Crippen LogP contribution >= 0.6 is 15.9 Å². The summed E-state index contributed by atoms with van der Waals surface area (Å²) < 4.78 is 0.519. The van der Waals surface area contributed by atoms with E-state index in [4.69, 9.17) is 0 Å². The molecule has 1 aromatic carbocycles. The van der Waals surface area contributed by atoms with Crippen LogP contribution in [-0.2, 0) is 0 Å². The molecule has 0 aliphatic carbocycles. The van der Waals surface area contributed by atoms with Gasteiger partial charge in [0.15, 0.2) is 5.52 Å². The van der Waals surface area contributed by atoms with E-state index in [1.54, 1.807) is 6.92 Å². The smallest absolute Gasteiger partial charge is 0.299 e. The summed E-state index contributed by atoms with van der Waals surface area (Å²) in [4.78, 5) is 28.1. The van der Waals surface area contributed by atoms with Crippen LogP contribution in [0.1, 0.15) is 5.56 Å². The molecule has 16 heavy (non-hydrogen) atoms. The molecule has 0 unspecified atom stereocenters. The van der Waals surface area contributed by atoms with Crippen molar-refractivity contribution in [2.24, 2.45) is 0 Å². The summed E-state index contributed by atoms with van der Waals surface area (Å²) in [7, 11) is 0. The number of H-pyrrole nitrogens is 1. The Hall–Kier alpha value is -1.76. The van der Waals surface area contributed by atoms with E-state index in [0.29, 0.717) is 10.0 Å². The first-order valence-electron chi connectivity index (χ1n) is 4.33. The fourth-order valence-corrected chi connectivity index (χ4v) is 1.90. The van der Waals surface area contributed by atoms with Gasteiger partial charge < -0.3 is 4.98 Å². The number of aromatic nitrogens is 2. The van der Waals surface area contributed by atoms with Crippen LogP contribution in [0, 0.1) is 17.0 Å². The normalized spacial score (nSPS) is 10.6. The van der Waals surface area contributed by atoms with Gasteiger partial charge >= 0.3 is 0 Å². The summed E-state index contributed by atoms with van der Waals surface area (Å²) in [5.74, 6) is 0. The largest absolute Gasteiger partial charge is 0.313 e. The van der Waals surface area contributed by atoms with Crippen molar-refractivity contribution in [1.29, 1.82) is 0 Å². The predicted molar refractivity (Wildman–Crippen MR) is 61.5 cm³/mol. The molecule has 0 atom stereocenters. The number of rotatable bonds is 1. The van der Waals surface area contributed by atoms with Gasteiger partial charge in [0.2, 0.25) is 0 Å². The number of nitro groups is 1. The molecular weight excluding hydrogens is 278 g/mol. The molecule has 1 N–H and O–H groups in total. The maximum Gasteiger partial charge on any atom is 0.299 e. The first kappa shape index (κ1) is 10.7. The molecule has 0 saturated carbocycles. The second-order valence-electron chi connectivity index (χ2n) is 3.22. The Morgan fingerprint density at radius 3 is 2.88 bits per heavy atom. The van der Waals surface area contributed by atoms with Crippen LogP contribution in [0.15, 0.2) is 21.7 Å². The standard InChI is InChI=1S/C9H6BrN3O3/c1-4-6(10)2-5-7(8(4)13(15)16)11-3-12-9(5)14/h2-3H,1H3,(H,11,12,14). The van der Waals surface area contributed by atoms with Crippen molar-refractivity contribution >= 4 is 32.5 Å². The van der Waals surface area contributed by atoms with Crippen LogP contribution in [0.2, 0.25) is 0 Å². The number of hydrogen-bond acceptors (Lipinski definition) is 4. The molecule has 7 heteroatoms. The van der Waals surface area contributed by atoms with Gasteiger partial charge in [0.25, 0.3) is 11.2 Å². The number of halogens is 1. The Labute approximate surface area is 97.6 Å². The van der Waals surface area contributed by atoms with Crippen molar-refractivity contribution in [2.45, 2.75) is 6.92 Å². The highest BCUT2D eigenvalue weighted by molar-refractivity contribution is 9.10. The van der Waals surface area contributed by atoms with Gasteiger partial charge in [-0.1, -0.05) is 15.9 Å². The molecule has 0 spiro atoms. The Balaban J connectivity index is 3.07. The molecule has 0 radical (unpaired) electrons. The minimum atomic E-state index is -0.533. The fourth-order valence-electron chi connectivity index (χ4n) is 1.48. The van der Waals surface area contributed by atoms with Crippen molar-refractivity contribution in [3.8, 4) is 0 Å². The van der Waals surface area contributed by atoms with E-state index < -0.39 is 10.5 Å². The van der Waals surface area contributed by atoms with E-state index in [9.17, 15) is 14.9 Å². The number of aromatic amines is 1. The van der Waals surface area contributed by atoms with E-state index in [1.807, 2.05) is 0 Å². The maximum atomic E-state index is 11.5. The Morgan fingerprint density at radius 1 is 1.56 bits per heavy atom. The van der Waals surface area contributed by atoms with Crippen molar-refractivity contribution in [2.75, 3.05) is 0 Å². The van der Waals surface area contributed by atoms with Crippen LogP contribution in [-0.4, -0.2) is 14.9 Å². The molecule has 0 amide bonds. The van der Waals surface area contributed by atoms with Gasteiger partial charge in [-0.3, -0.25) is 14.9 Å². The van der Waals surface area contributed by atoms with Crippen LogP contribution in [0.3, 0.4) is 0 Å². The number of nitrogens with zero attached hydrogens (tertiary/aromatic N) is 2. The molecule has 0 saturated heterocycles. The van der Waals surface area contributed by atoms with E-state index >= 15 is 0 Å². The topological polar surface area (TPSA) is 88.9 Å². The zero-order valence-electron chi connectivity index (χ0n) is 8.15. The van der Waals surface area contributed by atoms with Gasteiger partial charge in [-0.2, -0.15) is 0 Å². The summed E-state index contributed by atoms with van der Waals surface area (Å²) >= 11 is 3.18. The summed E-state index contributed by atoms with van der Waals surface area (Å²) in [6.07, 6.45) is 1.16. The quantitative estimate of drug-likeness (QED) is 0.639. The van der Waals surface area contributed by atoms with E-state index in [2.05, 4.69) is 25.9 Å². The third-order valence-corrected chi connectivity index (χ3v) is 3.10. The van der Waals surface area contributed by atoms with E-state index in [0.717, 1.165) is 6.33 Å². The maximum absolute atomic E-state index is 11.5. The Bertz CT molecular complexity index is 650. The molecule has 1 heterocycles. The minimum Gasteiger partial charge on any atom is -0.313 e. The summed E-state index contributed by atoms with van der Waals surface area (Å²) in [5, 5.41) is 11.1. The third kappa shape index (κ3) is 1.49. The summed E-state index contributed by atoms with van der Waals surface area (Å²) in [6.45, 7) is 1.60. The van der Waals surface area contributed by atoms with Crippen molar-refractivity contribution in [3.63, 3.8) is 0 Å². The minimum absolute atomic E-state index is 0.106. The van der Waals surface area contributed by atoms with Crippen LogP contribution in [0.4, 0.5) is 5.69 Å². The second kappa shape index (κ2) is 3.67. The van der Waals surface area contributed by atoms with Gasteiger partial charge in [0.1, 0.15) is 0 Å². The SMILES string of the molecule is Cc1c(Br)cc2c(=O)[nH]cnc2c1[N+](=O)[O-]. The van der Waals surface area contributed by atoms with Crippen LogP contribution in [0.5, 0.6) is 0 Å². The highest BCUT2D eigenvalue weighted by Crippen LogP contribution is 2.31. The number of fused-ring (bicyclic) bond motifs is 1. The number of benzene rings is 1. The molecule has 6 nitrogen and oxygen atoms in total. The first-order valence-corrected chi connectivity index (χ1v) is 5.12. The number of hydrogen-bond donors (Lipinski definition) is 1. The Morgan fingerprint density at radius 2 is 2.25 bits per heavy atom. The number of nitrogens with one attached hydrogen (secondary N) is 1. The molecule has 1 aromatic heterocycles. The van der Waals surface area contributed by atoms with Crippen LogP contribution in [0.25, 0.3) is 10.9 Å². The van der Waals surface area contributed by atoms with E-state index in [-0.39, 0.29) is 16.6 Å². The van der Waals surface area contributed by atoms with Gasteiger partial charge in [0.05, 0.1) is 16.6 Å². The lowest BCUT2D eigenvalue weighted by Gasteiger charge is -2.03. The summed E-state index contributed by atoms with van der Waals surface area (Å²) in [5.41, 5.74) is 0.0225. The van der Waals surface area contributed by atoms with Crippen molar-refractivity contribution in [3.05, 3.63) is 42.9 Å². The lowest BCUT2D eigenvalue weighted by atomic mass is 10.1. The van der Waals surface area contributed by atoms with Crippen molar-refractivity contribution in [1.82, 2.24) is 9.97 Å².